The Morgan fingerprint density at radius 2 is 1.82 bits per heavy atom. The van der Waals surface area contributed by atoms with Crippen molar-refractivity contribution >= 4 is 5.78 Å². The topological polar surface area (TPSA) is 17.1 Å². The average molecular weight is 222 g/mol. The zero-order chi connectivity index (χ0) is 11.8. The van der Waals surface area contributed by atoms with Crippen LogP contribution in [-0.2, 0) is 0 Å². The van der Waals surface area contributed by atoms with Crippen molar-refractivity contribution < 1.29 is 4.79 Å². The lowest BCUT2D eigenvalue weighted by Crippen LogP contribution is -1.96. The van der Waals surface area contributed by atoms with Crippen LogP contribution in [0.25, 0.3) is 0 Å². The van der Waals surface area contributed by atoms with E-state index >= 15 is 0 Å². The van der Waals surface area contributed by atoms with E-state index in [0.29, 0.717) is 6.42 Å². The predicted octanol–water partition coefficient (Wildman–Crippen LogP) is 3.71. The van der Waals surface area contributed by atoms with Gasteiger partial charge in [0.2, 0.25) is 0 Å². The summed E-state index contributed by atoms with van der Waals surface area (Å²) in [7, 11) is 0. The molecule has 1 aliphatic carbocycles. The first-order valence-corrected chi connectivity index (χ1v) is 5.94. The van der Waals surface area contributed by atoms with E-state index in [2.05, 4.69) is 25.1 Å². The second-order valence-corrected chi connectivity index (χ2v) is 4.68. The fourth-order valence-electron chi connectivity index (χ4n) is 2.61. The van der Waals surface area contributed by atoms with Crippen LogP contribution >= 0.6 is 0 Å². The first-order chi connectivity index (χ1) is 8.25. The molecule has 0 saturated heterocycles. The van der Waals surface area contributed by atoms with Gasteiger partial charge < -0.3 is 0 Å². The third-order valence-electron chi connectivity index (χ3n) is 3.47. The fourth-order valence-corrected chi connectivity index (χ4v) is 2.61. The molecule has 1 heteroatoms. The zero-order valence-electron chi connectivity index (χ0n) is 9.81. The van der Waals surface area contributed by atoms with E-state index in [0.717, 1.165) is 5.56 Å². The highest BCUT2D eigenvalue weighted by Crippen LogP contribution is 2.38. The first kappa shape index (κ1) is 10.3. The van der Waals surface area contributed by atoms with Gasteiger partial charge in [-0.1, -0.05) is 54.1 Å². The van der Waals surface area contributed by atoms with Crippen LogP contribution in [0.5, 0.6) is 0 Å². The Labute approximate surface area is 101 Å². The largest absolute Gasteiger partial charge is 0.294 e. The van der Waals surface area contributed by atoms with Crippen LogP contribution in [0.15, 0.2) is 48.5 Å². The molecule has 0 N–H and O–H groups in total. The van der Waals surface area contributed by atoms with Crippen LogP contribution < -0.4 is 0 Å². The number of Topliss-reactive ketones (excluding diaryl/α,β-unsaturated/α-hetero) is 1. The minimum absolute atomic E-state index is 0.249. The number of carbonyl (C=O) groups excluding carboxylic acids is 1. The molecule has 0 aromatic heterocycles. The lowest BCUT2D eigenvalue weighted by molar-refractivity contribution is 0.0991. The van der Waals surface area contributed by atoms with Crippen LogP contribution in [0.4, 0.5) is 0 Å². The molecule has 0 radical (unpaired) electrons. The van der Waals surface area contributed by atoms with E-state index in [1.165, 1.54) is 16.7 Å². The highest BCUT2D eigenvalue weighted by atomic mass is 16.1. The van der Waals surface area contributed by atoms with Gasteiger partial charge in [0.05, 0.1) is 0 Å². The molecule has 2 aromatic rings. The number of benzene rings is 2. The molecule has 0 heterocycles. The Kier molecular flexibility index (Phi) is 2.32. The SMILES string of the molecule is Cc1ccc2c(c1)C(c1ccccc1)CC2=O. The van der Waals surface area contributed by atoms with E-state index in [4.69, 9.17) is 0 Å². The molecular weight excluding hydrogens is 208 g/mol. The summed E-state index contributed by atoms with van der Waals surface area (Å²) in [5, 5.41) is 0. The Morgan fingerprint density at radius 1 is 1.06 bits per heavy atom. The van der Waals surface area contributed by atoms with Crippen LogP contribution in [0.1, 0.15) is 39.4 Å². The van der Waals surface area contributed by atoms with Gasteiger partial charge in [0.1, 0.15) is 0 Å². The Morgan fingerprint density at radius 3 is 2.59 bits per heavy atom. The number of hydrogen-bond acceptors (Lipinski definition) is 1. The summed E-state index contributed by atoms with van der Waals surface area (Å²) >= 11 is 0. The second-order valence-electron chi connectivity index (χ2n) is 4.68. The normalized spacial score (nSPS) is 18.2. The van der Waals surface area contributed by atoms with Crippen molar-refractivity contribution in [1.29, 1.82) is 0 Å². The van der Waals surface area contributed by atoms with Crippen LogP contribution in [-0.4, -0.2) is 5.78 Å². The van der Waals surface area contributed by atoms with Crippen LogP contribution in [0.2, 0.25) is 0 Å². The Bertz CT molecular complexity index is 569. The van der Waals surface area contributed by atoms with Crippen molar-refractivity contribution in [3.8, 4) is 0 Å². The first-order valence-electron chi connectivity index (χ1n) is 5.94. The molecule has 1 atom stereocenters. The molecule has 0 spiro atoms. The zero-order valence-corrected chi connectivity index (χ0v) is 9.81. The molecule has 0 fully saturated rings. The smallest absolute Gasteiger partial charge is 0.164 e. The molecule has 0 saturated carbocycles. The summed E-state index contributed by atoms with van der Waals surface area (Å²) in [6, 6.07) is 16.4. The van der Waals surface area contributed by atoms with Gasteiger partial charge in [0, 0.05) is 17.9 Å². The van der Waals surface area contributed by atoms with Crippen molar-refractivity contribution in [2.45, 2.75) is 19.3 Å². The van der Waals surface area contributed by atoms with Crippen molar-refractivity contribution in [2.24, 2.45) is 0 Å². The van der Waals surface area contributed by atoms with Gasteiger partial charge in [-0.2, -0.15) is 0 Å². The van der Waals surface area contributed by atoms with Crippen molar-refractivity contribution in [1.82, 2.24) is 0 Å². The second kappa shape index (κ2) is 3.85. The molecule has 0 aliphatic heterocycles. The summed E-state index contributed by atoms with van der Waals surface area (Å²) in [5.74, 6) is 0.521. The average Bonchev–Trinajstić information content (AvgIpc) is 2.67. The number of carbonyl (C=O) groups is 1. The third-order valence-corrected chi connectivity index (χ3v) is 3.47. The van der Waals surface area contributed by atoms with Gasteiger partial charge in [0.15, 0.2) is 5.78 Å². The third kappa shape index (κ3) is 1.68. The number of ketones is 1. The van der Waals surface area contributed by atoms with E-state index in [9.17, 15) is 4.79 Å². The number of rotatable bonds is 1. The molecule has 1 unspecified atom stereocenters. The quantitative estimate of drug-likeness (QED) is 0.718. The Hall–Kier alpha value is -1.89. The summed E-state index contributed by atoms with van der Waals surface area (Å²) in [5.41, 5.74) is 4.57. The molecule has 2 aromatic carbocycles. The molecule has 0 bridgehead atoms. The Balaban J connectivity index is 2.13. The predicted molar refractivity (Wildman–Crippen MR) is 68.4 cm³/mol. The molecule has 17 heavy (non-hydrogen) atoms. The van der Waals surface area contributed by atoms with E-state index < -0.39 is 0 Å². The van der Waals surface area contributed by atoms with Crippen molar-refractivity contribution in [3.05, 3.63) is 70.8 Å². The highest BCUT2D eigenvalue weighted by molar-refractivity contribution is 6.02. The molecule has 3 rings (SSSR count). The fraction of sp³-hybridized carbons (Fsp3) is 0.188. The molecular formula is C16H14O. The molecule has 1 aliphatic rings. The number of aryl methyl sites for hydroxylation is 1. The molecule has 1 nitrogen and oxygen atoms in total. The minimum Gasteiger partial charge on any atom is -0.294 e. The lowest BCUT2D eigenvalue weighted by atomic mass is 9.92. The number of fused-ring (bicyclic) bond motifs is 1. The van der Waals surface area contributed by atoms with E-state index in [1.807, 2.05) is 30.3 Å². The summed E-state index contributed by atoms with van der Waals surface area (Å²) in [6.07, 6.45) is 0.614. The van der Waals surface area contributed by atoms with Crippen molar-refractivity contribution in [3.63, 3.8) is 0 Å². The summed E-state index contributed by atoms with van der Waals surface area (Å²) in [4.78, 5) is 12.0. The van der Waals surface area contributed by atoms with Gasteiger partial charge in [0.25, 0.3) is 0 Å². The molecule has 0 amide bonds. The van der Waals surface area contributed by atoms with E-state index in [1.54, 1.807) is 0 Å². The maximum absolute atomic E-state index is 12.0. The standard InChI is InChI=1S/C16H14O/c1-11-7-8-13-15(9-11)14(10-16(13)17)12-5-3-2-4-6-12/h2-9,14H,10H2,1H3. The van der Waals surface area contributed by atoms with Gasteiger partial charge >= 0.3 is 0 Å². The van der Waals surface area contributed by atoms with Crippen LogP contribution in [0.3, 0.4) is 0 Å². The maximum Gasteiger partial charge on any atom is 0.164 e. The lowest BCUT2D eigenvalue weighted by Gasteiger charge is -2.11. The van der Waals surface area contributed by atoms with E-state index in [-0.39, 0.29) is 11.7 Å². The van der Waals surface area contributed by atoms with Gasteiger partial charge in [-0.05, 0) is 18.1 Å². The summed E-state index contributed by atoms with van der Waals surface area (Å²) in [6.45, 7) is 2.07. The molecule has 84 valence electrons. The summed E-state index contributed by atoms with van der Waals surface area (Å²) < 4.78 is 0. The maximum atomic E-state index is 12.0. The van der Waals surface area contributed by atoms with Crippen LogP contribution in [0, 0.1) is 6.92 Å². The minimum atomic E-state index is 0.249. The van der Waals surface area contributed by atoms with Gasteiger partial charge in [-0.15, -0.1) is 0 Å². The number of hydrogen-bond donors (Lipinski definition) is 0. The highest BCUT2D eigenvalue weighted by Gasteiger charge is 2.29. The monoisotopic (exact) mass is 222 g/mol. The van der Waals surface area contributed by atoms with Gasteiger partial charge in [-0.25, -0.2) is 0 Å². The van der Waals surface area contributed by atoms with Gasteiger partial charge in [-0.3, -0.25) is 4.79 Å². The van der Waals surface area contributed by atoms with Crippen molar-refractivity contribution in [2.75, 3.05) is 0 Å².